The second-order valence-electron chi connectivity index (χ2n) is 4.89. The lowest BCUT2D eigenvalue weighted by Crippen LogP contribution is -2.11. The van der Waals surface area contributed by atoms with Gasteiger partial charge in [0.15, 0.2) is 0 Å². The first-order valence-electron chi connectivity index (χ1n) is 5.18. The topological polar surface area (TPSA) is 0 Å². The van der Waals surface area contributed by atoms with E-state index in [0.29, 0.717) is 5.39 Å². The summed E-state index contributed by atoms with van der Waals surface area (Å²) in [6.45, 7) is 6.44. The molecule has 0 radical (unpaired) electrons. The van der Waals surface area contributed by atoms with Gasteiger partial charge in [-0.3, -0.25) is 0 Å². The van der Waals surface area contributed by atoms with E-state index >= 15 is 0 Å². The van der Waals surface area contributed by atoms with Gasteiger partial charge in [0.1, 0.15) is 5.82 Å². The van der Waals surface area contributed by atoms with E-state index in [2.05, 4.69) is 26.8 Å². The third-order valence-electron chi connectivity index (χ3n) is 2.68. The maximum absolute atomic E-state index is 13.6. The van der Waals surface area contributed by atoms with Gasteiger partial charge < -0.3 is 0 Å². The lowest BCUT2D eigenvalue weighted by Gasteiger charge is -2.21. The van der Waals surface area contributed by atoms with Crippen molar-refractivity contribution in [3.05, 3.63) is 47.8 Å². The third-order valence-corrected chi connectivity index (χ3v) is 2.68. The molecule has 2 aromatic rings. The second-order valence-corrected chi connectivity index (χ2v) is 4.89. The minimum atomic E-state index is -0.140. The van der Waals surface area contributed by atoms with Crippen molar-refractivity contribution in [1.82, 2.24) is 0 Å². The fourth-order valence-corrected chi connectivity index (χ4v) is 1.93. The zero-order valence-electron chi connectivity index (χ0n) is 9.34. The fourth-order valence-electron chi connectivity index (χ4n) is 1.93. The number of fused-ring (bicyclic) bond motifs is 1. The van der Waals surface area contributed by atoms with Crippen LogP contribution in [0.15, 0.2) is 36.4 Å². The van der Waals surface area contributed by atoms with Gasteiger partial charge in [0, 0.05) is 5.39 Å². The van der Waals surface area contributed by atoms with E-state index in [9.17, 15) is 4.39 Å². The number of hydrogen-bond acceptors (Lipinski definition) is 0. The second kappa shape index (κ2) is 3.34. The molecule has 0 aromatic heterocycles. The fraction of sp³-hybridized carbons (Fsp3) is 0.286. The predicted octanol–water partition coefficient (Wildman–Crippen LogP) is 4.28. The van der Waals surface area contributed by atoms with Gasteiger partial charge in [-0.05, 0) is 22.4 Å². The number of benzene rings is 2. The van der Waals surface area contributed by atoms with Crippen LogP contribution < -0.4 is 0 Å². The van der Waals surface area contributed by atoms with Gasteiger partial charge in [0.05, 0.1) is 0 Å². The Morgan fingerprint density at radius 1 is 0.867 bits per heavy atom. The molecule has 0 atom stereocenters. The number of hydrogen-bond donors (Lipinski definition) is 0. The summed E-state index contributed by atoms with van der Waals surface area (Å²) in [5.41, 5.74) is 1.24. The van der Waals surface area contributed by atoms with Crippen LogP contribution in [-0.2, 0) is 5.41 Å². The maximum atomic E-state index is 13.6. The molecule has 0 amide bonds. The highest BCUT2D eigenvalue weighted by atomic mass is 19.1. The monoisotopic (exact) mass is 202 g/mol. The Kier molecular flexibility index (Phi) is 2.26. The van der Waals surface area contributed by atoms with Crippen LogP contribution in [0.2, 0.25) is 0 Å². The molecule has 0 aliphatic heterocycles. The Labute approximate surface area is 89.7 Å². The van der Waals surface area contributed by atoms with Gasteiger partial charge >= 0.3 is 0 Å². The highest BCUT2D eigenvalue weighted by Gasteiger charge is 2.16. The summed E-state index contributed by atoms with van der Waals surface area (Å²) in [5, 5.41) is 1.73. The Morgan fingerprint density at radius 2 is 1.47 bits per heavy atom. The third kappa shape index (κ3) is 1.74. The molecule has 0 saturated carbocycles. The van der Waals surface area contributed by atoms with Crippen molar-refractivity contribution >= 4 is 10.8 Å². The molecule has 0 nitrogen and oxygen atoms in total. The van der Waals surface area contributed by atoms with Gasteiger partial charge in [0.2, 0.25) is 0 Å². The van der Waals surface area contributed by atoms with Crippen LogP contribution in [0.1, 0.15) is 26.3 Å². The van der Waals surface area contributed by atoms with Crippen LogP contribution >= 0.6 is 0 Å². The quantitative estimate of drug-likeness (QED) is 0.598. The van der Waals surface area contributed by atoms with Crippen molar-refractivity contribution in [2.45, 2.75) is 26.2 Å². The molecule has 0 aliphatic rings. The minimum absolute atomic E-state index is 0.0489. The van der Waals surface area contributed by atoms with Crippen LogP contribution in [0.3, 0.4) is 0 Å². The van der Waals surface area contributed by atoms with Gasteiger partial charge in [-0.2, -0.15) is 0 Å². The highest BCUT2D eigenvalue weighted by Crippen LogP contribution is 2.30. The Morgan fingerprint density at radius 3 is 2.13 bits per heavy atom. The molecule has 0 saturated heterocycles. The maximum Gasteiger partial charge on any atom is 0.131 e. The molecule has 0 unspecified atom stereocenters. The number of halogens is 1. The molecule has 0 fully saturated rings. The zero-order valence-corrected chi connectivity index (χ0v) is 9.34. The average molecular weight is 202 g/mol. The summed E-state index contributed by atoms with van der Waals surface area (Å²) < 4.78 is 13.6. The normalized spacial score (nSPS) is 12.0. The molecule has 78 valence electrons. The predicted molar refractivity (Wildman–Crippen MR) is 62.6 cm³/mol. The van der Waals surface area contributed by atoms with E-state index in [-0.39, 0.29) is 11.2 Å². The summed E-state index contributed by atoms with van der Waals surface area (Å²) in [5.74, 6) is -0.140. The van der Waals surface area contributed by atoms with Crippen molar-refractivity contribution < 1.29 is 4.39 Å². The molecule has 0 aliphatic carbocycles. The Bertz CT molecular complexity index is 492. The van der Waals surface area contributed by atoms with E-state index in [0.717, 1.165) is 5.39 Å². The standard InChI is InChI=1S/C14H15F/c1-14(2,3)12-8-4-7-11-10(12)6-5-9-13(11)15/h4-9H,1-3H3. The Hall–Kier alpha value is -1.37. The van der Waals surface area contributed by atoms with E-state index in [1.165, 1.54) is 11.6 Å². The molecule has 0 heterocycles. The lowest BCUT2D eigenvalue weighted by atomic mass is 9.84. The highest BCUT2D eigenvalue weighted by molar-refractivity contribution is 5.87. The smallest absolute Gasteiger partial charge is 0.131 e. The molecule has 1 heteroatoms. The van der Waals surface area contributed by atoms with Crippen molar-refractivity contribution in [3.8, 4) is 0 Å². The first kappa shape index (κ1) is 10.2. The summed E-state index contributed by atoms with van der Waals surface area (Å²) in [6, 6.07) is 11.1. The van der Waals surface area contributed by atoms with Crippen molar-refractivity contribution in [1.29, 1.82) is 0 Å². The van der Waals surface area contributed by atoms with Crippen molar-refractivity contribution in [3.63, 3.8) is 0 Å². The molecule has 0 bridgehead atoms. The summed E-state index contributed by atoms with van der Waals surface area (Å²) in [4.78, 5) is 0. The average Bonchev–Trinajstić information content (AvgIpc) is 2.16. The van der Waals surface area contributed by atoms with Crippen LogP contribution in [0.5, 0.6) is 0 Å². The summed E-state index contributed by atoms with van der Waals surface area (Å²) in [6.07, 6.45) is 0. The largest absolute Gasteiger partial charge is 0.206 e. The SMILES string of the molecule is CC(C)(C)c1cccc2c(F)cccc12. The van der Waals surface area contributed by atoms with Gasteiger partial charge in [0.25, 0.3) is 0 Å². The minimum Gasteiger partial charge on any atom is -0.206 e. The molecule has 15 heavy (non-hydrogen) atoms. The first-order chi connectivity index (χ1) is 7.00. The zero-order chi connectivity index (χ0) is 11.1. The number of rotatable bonds is 0. The van der Waals surface area contributed by atoms with Crippen LogP contribution in [0, 0.1) is 5.82 Å². The van der Waals surface area contributed by atoms with Gasteiger partial charge in [-0.25, -0.2) is 4.39 Å². The van der Waals surface area contributed by atoms with E-state index in [4.69, 9.17) is 0 Å². The summed E-state index contributed by atoms with van der Waals surface area (Å²) >= 11 is 0. The summed E-state index contributed by atoms with van der Waals surface area (Å²) in [7, 11) is 0. The van der Waals surface area contributed by atoms with Crippen molar-refractivity contribution in [2.24, 2.45) is 0 Å². The molecule has 0 N–H and O–H groups in total. The van der Waals surface area contributed by atoms with Gasteiger partial charge in [-0.1, -0.05) is 51.1 Å². The Balaban J connectivity index is 2.83. The van der Waals surface area contributed by atoms with E-state index in [1.54, 1.807) is 6.07 Å². The molecule has 0 spiro atoms. The van der Waals surface area contributed by atoms with Crippen LogP contribution in [0.25, 0.3) is 10.8 Å². The van der Waals surface area contributed by atoms with Gasteiger partial charge in [-0.15, -0.1) is 0 Å². The van der Waals surface area contributed by atoms with E-state index in [1.807, 2.05) is 18.2 Å². The lowest BCUT2D eigenvalue weighted by molar-refractivity contribution is 0.595. The van der Waals surface area contributed by atoms with Crippen LogP contribution in [-0.4, -0.2) is 0 Å². The first-order valence-corrected chi connectivity index (χ1v) is 5.18. The van der Waals surface area contributed by atoms with Crippen LogP contribution in [0.4, 0.5) is 4.39 Å². The molecule has 2 rings (SSSR count). The molecular weight excluding hydrogens is 187 g/mol. The molecular formula is C14H15F. The van der Waals surface area contributed by atoms with Crippen molar-refractivity contribution in [2.75, 3.05) is 0 Å². The van der Waals surface area contributed by atoms with E-state index < -0.39 is 0 Å². The molecule has 2 aromatic carbocycles.